The molecule has 0 spiro atoms. The Morgan fingerprint density at radius 2 is 2.00 bits per heavy atom. The molecule has 0 amide bonds. The van der Waals surface area contributed by atoms with Crippen molar-refractivity contribution in [2.75, 3.05) is 13.7 Å². The van der Waals surface area contributed by atoms with Crippen LogP contribution in [-0.2, 0) is 19.1 Å². The third kappa shape index (κ3) is 3.00. The molecular weight excluding hydrogens is 400 g/mol. The first-order chi connectivity index (χ1) is 14.5. The lowest BCUT2D eigenvalue weighted by atomic mass is 9.44. The van der Waals surface area contributed by atoms with Crippen molar-refractivity contribution in [2.45, 2.75) is 57.7 Å². The molecule has 3 saturated carbocycles. The fourth-order valence-electron chi connectivity index (χ4n) is 7.63. The van der Waals surface area contributed by atoms with E-state index in [1.165, 1.54) is 13.2 Å². The third-order valence-corrected chi connectivity index (χ3v) is 9.05. The molecule has 3 N–H and O–H groups in total. The minimum Gasteiger partial charge on any atom is -0.469 e. The Hall–Kier alpha value is -1.83. The fourth-order valence-corrected chi connectivity index (χ4v) is 7.63. The van der Waals surface area contributed by atoms with Crippen molar-refractivity contribution in [3.8, 4) is 0 Å². The van der Waals surface area contributed by atoms with Crippen molar-refractivity contribution in [1.82, 2.24) is 0 Å². The SMILES string of the molecule is COC(=O)CC1C[C@@H]2[C@H](C(O)C[C@@]3(C)[C@H]2CC[C@]3(O)C(=O)CO)[C@@]2(C)C=CC(=O)C=C12. The molecule has 0 bridgehead atoms. The van der Waals surface area contributed by atoms with Gasteiger partial charge in [0.25, 0.3) is 0 Å². The van der Waals surface area contributed by atoms with Crippen LogP contribution >= 0.6 is 0 Å². The summed E-state index contributed by atoms with van der Waals surface area (Å²) >= 11 is 0. The van der Waals surface area contributed by atoms with Gasteiger partial charge in [-0.1, -0.05) is 25.5 Å². The standard InChI is InChI=1S/C24H32O7/c1-22-6-4-14(26)10-17(22)13(9-20(29)31-3)8-15-16-5-7-24(30,19(28)12-25)23(16,2)11-18(27)21(15)22/h4,6,10,13,15-16,18,21,25,27,30H,5,7-9,11-12H2,1-3H3/t13?,15-,16-,18?,21+,22-,23-,24-/m0/s1. The molecule has 0 heterocycles. The van der Waals surface area contributed by atoms with E-state index >= 15 is 0 Å². The molecule has 0 aliphatic heterocycles. The van der Waals surface area contributed by atoms with Gasteiger partial charge >= 0.3 is 5.97 Å². The number of hydrogen-bond acceptors (Lipinski definition) is 7. The molecule has 0 aromatic carbocycles. The van der Waals surface area contributed by atoms with Crippen LogP contribution in [0, 0.1) is 34.5 Å². The Balaban J connectivity index is 1.79. The van der Waals surface area contributed by atoms with Gasteiger partial charge in [0.2, 0.25) is 0 Å². The number of aliphatic hydroxyl groups excluding tert-OH is 2. The highest BCUT2D eigenvalue weighted by atomic mass is 16.5. The van der Waals surface area contributed by atoms with Crippen molar-refractivity contribution in [3.05, 3.63) is 23.8 Å². The van der Waals surface area contributed by atoms with Crippen LogP contribution in [0.4, 0.5) is 0 Å². The highest BCUT2D eigenvalue weighted by molar-refractivity contribution is 6.01. The second-order valence-corrected chi connectivity index (χ2v) is 10.3. The first kappa shape index (κ1) is 22.4. The summed E-state index contributed by atoms with van der Waals surface area (Å²) in [5.74, 6) is -1.59. The maximum absolute atomic E-state index is 12.5. The number of allylic oxidation sites excluding steroid dienone is 4. The average molecular weight is 433 g/mol. The number of methoxy groups -OCH3 is 1. The highest BCUT2D eigenvalue weighted by Crippen LogP contribution is 2.68. The van der Waals surface area contributed by atoms with Crippen LogP contribution in [-0.4, -0.2) is 58.3 Å². The van der Waals surface area contributed by atoms with Gasteiger partial charge in [-0.15, -0.1) is 0 Å². The molecule has 3 fully saturated rings. The normalized spacial score (nSPS) is 45.9. The van der Waals surface area contributed by atoms with Gasteiger partial charge in [0.05, 0.1) is 19.6 Å². The number of esters is 1. The smallest absolute Gasteiger partial charge is 0.306 e. The summed E-state index contributed by atoms with van der Waals surface area (Å²) in [7, 11) is 1.34. The largest absolute Gasteiger partial charge is 0.469 e. The van der Waals surface area contributed by atoms with E-state index < -0.39 is 34.9 Å². The number of Topliss-reactive ketones (excluding diaryl/α,β-unsaturated/α-hetero) is 1. The summed E-state index contributed by atoms with van der Waals surface area (Å²) < 4.78 is 4.90. The van der Waals surface area contributed by atoms with Crippen LogP contribution in [0.25, 0.3) is 0 Å². The van der Waals surface area contributed by atoms with E-state index in [4.69, 9.17) is 4.74 Å². The van der Waals surface area contributed by atoms with Crippen LogP contribution in [0.5, 0.6) is 0 Å². The second-order valence-electron chi connectivity index (χ2n) is 10.3. The van der Waals surface area contributed by atoms with Crippen molar-refractivity contribution in [2.24, 2.45) is 34.5 Å². The molecule has 0 radical (unpaired) electrons. The Kier molecular flexibility index (Phi) is 5.31. The summed E-state index contributed by atoms with van der Waals surface area (Å²) in [6, 6.07) is 0. The van der Waals surface area contributed by atoms with Gasteiger partial charge in [0, 0.05) is 16.7 Å². The first-order valence-electron chi connectivity index (χ1n) is 11.1. The molecule has 4 rings (SSSR count). The summed E-state index contributed by atoms with van der Waals surface area (Å²) in [4.78, 5) is 36.9. The van der Waals surface area contributed by atoms with Gasteiger partial charge in [-0.05, 0) is 55.6 Å². The zero-order chi connectivity index (χ0) is 22.8. The first-order valence-corrected chi connectivity index (χ1v) is 11.1. The number of ketones is 2. The van der Waals surface area contributed by atoms with Crippen molar-refractivity contribution >= 4 is 17.5 Å². The predicted octanol–water partition coefficient (Wildman–Crippen LogP) is 1.35. The molecule has 0 aromatic rings. The maximum Gasteiger partial charge on any atom is 0.306 e. The van der Waals surface area contributed by atoms with Gasteiger partial charge in [-0.2, -0.15) is 0 Å². The molecule has 31 heavy (non-hydrogen) atoms. The molecule has 8 atom stereocenters. The Labute approximate surface area is 182 Å². The van der Waals surface area contributed by atoms with Crippen molar-refractivity contribution < 1.29 is 34.4 Å². The number of carbonyl (C=O) groups is 3. The minimum absolute atomic E-state index is 0.0500. The molecule has 0 aromatic heterocycles. The van der Waals surface area contributed by atoms with E-state index in [9.17, 15) is 29.7 Å². The zero-order valence-corrected chi connectivity index (χ0v) is 18.3. The Morgan fingerprint density at radius 3 is 2.65 bits per heavy atom. The Bertz CT molecular complexity index is 875. The topological polar surface area (TPSA) is 121 Å². The van der Waals surface area contributed by atoms with Crippen molar-refractivity contribution in [1.29, 1.82) is 0 Å². The third-order valence-electron chi connectivity index (χ3n) is 9.05. The van der Waals surface area contributed by atoms with E-state index in [-0.39, 0.29) is 54.7 Å². The van der Waals surface area contributed by atoms with Gasteiger partial charge in [0.15, 0.2) is 11.6 Å². The van der Waals surface area contributed by atoms with E-state index in [2.05, 4.69) is 0 Å². The van der Waals surface area contributed by atoms with Gasteiger partial charge < -0.3 is 20.1 Å². The molecule has 170 valence electrons. The highest BCUT2D eigenvalue weighted by Gasteiger charge is 2.68. The molecule has 7 heteroatoms. The summed E-state index contributed by atoms with van der Waals surface area (Å²) in [5, 5.41) is 32.2. The number of rotatable bonds is 4. The maximum atomic E-state index is 12.5. The molecule has 0 saturated heterocycles. The molecule has 2 unspecified atom stereocenters. The monoisotopic (exact) mass is 432 g/mol. The van der Waals surface area contributed by atoms with Crippen LogP contribution in [0.15, 0.2) is 23.8 Å². The molecule has 7 nitrogen and oxygen atoms in total. The van der Waals surface area contributed by atoms with E-state index in [0.717, 1.165) is 5.57 Å². The minimum atomic E-state index is -1.67. The quantitative estimate of drug-likeness (QED) is 0.573. The molecule has 4 aliphatic rings. The number of ether oxygens (including phenoxy) is 1. The van der Waals surface area contributed by atoms with E-state index in [1.54, 1.807) is 6.08 Å². The lowest BCUT2D eigenvalue weighted by molar-refractivity contribution is -0.180. The van der Waals surface area contributed by atoms with E-state index in [1.807, 2.05) is 19.9 Å². The van der Waals surface area contributed by atoms with Crippen LogP contribution < -0.4 is 0 Å². The van der Waals surface area contributed by atoms with Gasteiger partial charge in [0.1, 0.15) is 12.2 Å². The van der Waals surface area contributed by atoms with Crippen LogP contribution in [0.1, 0.15) is 46.0 Å². The average Bonchev–Trinajstić information content (AvgIpc) is 2.99. The fraction of sp³-hybridized carbons (Fsp3) is 0.708. The van der Waals surface area contributed by atoms with Crippen LogP contribution in [0.2, 0.25) is 0 Å². The molecular formula is C24H32O7. The summed E-state index contributed by atoms with van der Waals surface area (Å²) in [5.41, 5.74) is -2.28. The number of fused-ring (bicyclic) bond motifs is 5. The zero-order valence-electron chi connectivity index (χ0n) is 18.3. The lowest BCUT2D eigenvalue weighted by Gasteiger charge is -2.61. The second kappa shape index (κ2) is 7.36. The molecule has 4 aliphatic carbocycles. The van der Waals surface area contributed by atoms with Crippen molar-refractivity contribution in [3.63, 3.8) is 0 Å². The lowest BCUT2D eigenvalue weighted by Crippen LogP contribution is -2.62. The Morgan fingerprint density at radius 1 is 1.29 bits per heavy atom. The number of carbonyl (C=O) groups excluding carboxylic acids is 3. The van der Waals surface area contributed by atoms with Gasteiger partial charge in [-0.3, -0.25) is 14.4 Å². The number of hydrogen-bond donors (Lipinski definition) is 3. The van der Waals surface area contributed by atoms with Crippen LogP contribution in [0.3, 0.4) is 0 Å². The van der Waals surface area contributed by atoms with Gasteiger partial charge in [-0.25, -0.2) is 0 Å². The summed E-state index contributed by atoms with van der Waals surface area (Å²) in [6.45, 7) is 3.12. The number of aliphatic hydroxyl groups is 3. The van der Waals surface area contributed by atoms with E-state index in [0.29, 0.717) is 12.8 Å². The summed E-state index contributed by atoms with van der Waals surface area (Å²) in [6.07, 6.45) is 6.00. The predicted molar refractivity (Wildman–Crippen MR) is 111 cm³/mol.